The van der Waals surface area contributed by atoms with E-state index in [2.05, 4.69) is 35.2 Å². The molecule has 0 aliphatic carbocycles. The maximum Gasteiger partial charge on any atom is 0.268 e. The van der Waals surface area contributed by atoms with E-state index in [-0.39, 0.29) is 5.56 Å². The number of rotatable bonds is 4. The zero-order valence-corrected chi connectivity index (χ0v) is 15.6. The second-order valence-electron chi connectivity index (χ2n) is 6.80. The van der Waals surface area contributed by atoms with E-state index >= 15 is 0 Å². The third-order valence-corrected chi connectivity index (χ3v) is 6.29. The highest BCUT2D eigenvalue weighted by Gasteiger charge is 2.21. The van der Waals surface area contributed by atoms with Crippen molar-refractivity contribution in [2.24, 2.45) is 5.92 Å². The van der Waals surface area contributed by atoms with Crippen LogP contribution in [0.1, 0.15) is 18.4 Å². The van der Waals surface area contributed by atoms with Crippen molar-refractivity contribution in [3.05, 3.63) is 69.5 Å². The molecule has 0 bridgehead atoms. The maximum atomic E-state index is 12.5. The molecule has 0 amide bonds. The van der Waals surface area contributed by atoms with Gasteiger partial charge in [0.1, 0.15) is 0 Å². The highest BCUT2D eigenvalue weighted by Crippen LogP contribution is 2.25. The zero-order chi connectivity index (χ0) is 17.2. The summed E-state index contributed by atoms with van der Waals surface area (Å²) in [6.07, 6.45) is 2.29. The van der Waals surface area contributed by atoms with Crippen LogP contribution < -0.4 is 5.56 Å². The Bertz CT molecular complexity index is 910. The molecule has 2 aromatic carbocycles. The van der Waals surface area contributed by atoms with E-state index in [9.17, 15) is 4.79 Å². The largest absolute Gasteiger partial charge is 0.299 e. The van der Waals surface area contributed by atoms with Crippen LogP contribution in [-0.4, -0.2) is 21.9 Å². The molecule has 1 aromatic heterocycles. The molecular weight excluding hydrogens is 352 g/mol. The van der Waals surface area contributed by atoms with Crippen LogP contribution in [0.3, 0.4) is 0 Å². The van der Waals surface area contributed by atoms with Crippen LogP contribution in [0.4, 0.5) is 0 Å². The van der Waals surface area contributed by atoms with Crippen molar-refractivity contribution in [2.75, 3.05) is 13.1 Å². The molecule has 0 radical (unpaired) electrons. The van der Waals surface area contributed by atoms with E-state index in [1.165, 1.54) is 5.56 Å². The summed E-state index contributed by atoms with van der Waals surface area (Å²) in [4.78, 5) is 15.1. The van der Waals surface area contributed by atoms with Gasteiger partial charge in [-0.05, 0) is 55.6 Å². The van der Waals surface area contributed by atoms with Gasteiger partial charge in [-0.25, -0.2) is 0 Å². The van der Waals surface area contributed by atoms with Gasteiger partial charge in [-0.3, -0.25) is 13.7 Å². The van der Waals surface area contributed by atoms with Crippen molar-refractivity contribution in [3.8, 4) is 0 Å². The lowest BCUT2D eigenvalue weighted by Gasteiger charge is -2.31. The van der Waals surface area contributed by atoms with Crippen molar-refractivity contribution in [2.45, 2.75) is 25.9 Å². The van der Waals surface area contributed by atoms with Gasteiger partial charge in [-0.2, -0.15) is 0 Å². The average molecular weight is 373 g/mol. The summed E-state index contributed by atoms with van der Waals surface area (Å²) in [6, 6.07) is 16.2. The van der Waals surface area contributed by atoms with E-state index in [0.717, 1.165) is 49.1 Å². The molecule has 1 saturated heterocycles. The normalized spacial score (nSPS) is 16.5. The number of hydrogen-bond donors (Lipinski definition) is 0. The number of likely N-dealkylation sites (tertiary alicyclic amines) is 1. The molecule has 0 saturated carbocycles. The predicted molar refractivity (Wildman–Crippen MR) is 106 cm³/mol. The summed E-state index contributed by atoms with van der Waals surface area (Å²) in [6.45, 7) is 4.06. The van der Waals surface area contributed by atoms with Gasteiger partial charge in [0.2, 0.25) is 0 Å². The molecule has 1 aliphatic rings. The topological polar surface area (TPSA) is 25.2 Å². The summed E-state index contributed by atoms with van der Waals surface area (Å²) in [5.41, 5.74) is 1.50. The molecule has 5 heteroatoms. The molecule has 1 aliphatic heterocycles. The molecule has 3 aromatic rings. The number of nitrogens with zero attached hydrogens (tertiary/aromatic N) is 2. The molecule has 0 spiro atoms. The van der Waals surface area contributed by atoms with Gasteiger partial charge in [0.15, 0.2) is 0 Å². The van der Waals surface area contributed by atoms with Gasteiger partial charge in [0.05, 0.1) is 10.1 Å². The number of piperidine rings is 1. The summed E-state index contributed by atoms with van der Waals surface area (Å²) < 4.78 is 2.90. The fraction of sp³-hybridized carbons (Fsp3) is 0.350. The Kier molecular flexibility index (Phi) is 4.93. The third kappa shape index (κ3) is 3.81. The SMILES string of the molecule is O=c1c2ccc(Cl)cc2sn1CC1CCN(Cc2ccccc2)CC1. The van der Waals surface area contributed by atoms with Crippen molar-refractivity contribution < 1.29 is 0 Å². The van der Waals surface area contributed by atoms with Crippen LogP contribution in [0.15, 0.2) is 53.3 Å². The Balaban J connectivity index is 1.39. The third-order valence-electron chi connectivity index (χ3n) is 4.99. The summed E-state index contributed by atoms with van der Waals surface area (Å²) in [5.74, 6) is 0.577. The van der Waals surface area contributed by atoms with E-state index in [4.69, 9.17) is 11.6 Å². The van der Waals surface area contributed by atoms with Crippen LogP contribution in [0.2, 0.25) is 5.02 Å². The highest BCUT2D eigenvalue weighted by molar-refractivity contribution is 7.13. The van der Waals surface area contributed by atoms with Crippen LogP contribution >= 0.6 is 23.1 Å². The van der Waals surface area contributed by atoms with Gasteiger partial charge >= 0.3 is 0 Å². The molecule has 4 rings (SSSR count). The maximum absolute atomic E-state index is 12.5. The first-order valence-electron chi connectivity index (χ1n) is 8.75. The number of fused-ring (bicyclic) bond motifs is 1. The van der Waals surface area contributed by atoms with Crippen molar-refractivity contribution in [1.82, 2.24) is 8.86 Å². The van der Waals surface area contributed by atoms with Crippen molar-refractivity contribution in [3.63, 3.8) is 0 Å². The first-order valence-corrected chi connectivity index (χ1v) is 9.90. The van der Waals surface area contributed by atoms with Gasteiger partial charge in [0.25, 0.3) is 5.56 Å². The molecule has 25 heavy (non-hydrogen) atoms. The number of halogens is 1. The van der Waals surface area contributed by atoms with Gasteiger partial charge < -0.3 is 0 Å². The Labute approximate surface area is 156 Å². The minimum absolute atomic E-state index is 0.128. The minimum atomic E-state index is 0.128. The first-order chi connectivity index (χ1) is 12.2. The first kappa shape index (κ1) is 16.8. The minimum Gasteiger partial charge on any atom is -0.299 e. The van der Waals surface area contributed by atoms with Gasteiger partial charge in [-0.1, -0.05) is 53.5 Å². The average Bonchev–Trinajstić information content (AvgIpc) is 2.92. The quantitative estimate of drug-likeness (QED) is 0.667. The van der Waals surface area contributed by atoms with Crippen molar-refractivity contribution >= 4 is 33.2 Å². The fourth-order valence-electron chi connectivity index (χ4n) is 3.57. The number of aromatic nitrogens is 1. The Hall–Kier alpha value is -1.62. The molecule has 2 heterocycles. The lowest BCUT2D eigenvalue weighted by atomic mass is 9.96. The second kappa shape index (κ2) is 7.32. The summed E-state index contributed by atoms with van der Waals surface area (Å²) in [7, 11) is 0. The molecule has 0 atom stereocenters. The van der Waals surface area contributed by atoms with Crippen LogP contribution in [0.25, 0.3) is 10.1 Å². The highest BCUT2D eigenvalue weighted by atomic mass is 35.5. The number of hydrogen-bond acceptors (Lipinski definition) is 3. The second-order valence-corrected chi connectivity index (χ2v) is 8.30. The molecule has 0 unspecified atom stereocenters. The van der Waals surface area contributed by atoms with E-state index < -0.39 is 0 Å². The van der Waals surface area contributed by atoms with E-state index in [1.54, 1.807) is 17.6 Å². The lowest BCUT2D eigenvalue weighted by molar-refractivity contribution is 0.168. The fourth-order valence-corrected chi connectivity index (χ4v) is 4.94. The molecular formula is C20H21ClN2OS. The monoisotopic (exact) mass is 372 g/mol. The number of benzene rings is 2. The van der Waals surface area contributed by atoms with Crippen LogP contribution in [0.5, 0.6) is 0 Å². The Morgan fingerprint density at radius 3 is 2.60 bits per heavy atom. The summed E-state index contributed by atoms with van der Waals surface area (Å²) >= 11 is 7.59. The Morgan fingerprint density at radius 2 is 1.84 bits per heavy atom. The molecule has 0 N–H and O–H groups in total. The molecule has 3 nitrogen and oxygen atoms in total. The van der Waals surface area contributed by atoms with Crippen LogP contribution in [-0.2, 0) is 13.1 Å². The van der Waals surface area contributed by atoms with Crippen molar-refractivity contribution in [1.29, 1.82) is 0 Å². The van der Waals surface area contributed by atoms with Gasteiger partial charge in [-0.15, -0.1) is 0 Å². The van der Waals surface area contributed by atoms with E-state index in [1.807, 2.05) is 16.1 Å². The standard InChI is InChI=1S/C20H21ClN2OS/c21-17-6-7-18-19(12-17)25-23(20(18)24)14-16-8-10-22(11-9-16)13-15-4-2-1-3-5-15/h1-7,12,16H,8-11,13-14H2. The van der Waals surface area contributed by atoms with Gasteiger partial charge in [0, 0.05) is 18.1 Å². The Morgan fingerprint density at radius 1 is 1.08 bits per heavy atom. The smallest absolute Gasteiger partial charge is 0.268 e. The van der Waals surface area contributed by atoms with E-state index in [0.29, 0.717) is 10.9 Å². The predicted octanol–water partition coefficient (Wildman–Crippen LogP) is 4.63. The lowest BCUT2D eigenvalue weighted by Crippen LogP contribution is -2.35. The molecule has 1 fully saturated rings. The summed E-state index contributed by atoms with van der Waals surface area (Å²) in [5, 5.41) is 1.48. The van der Waals surface area contributed by atoms with Crippen LogP contribution in [0, 0.1) is 5.92 Å². The zero-order valence-electron chi connectivity index (χ0n) is 14.0. The molecule has 130 valence electrons.